The Balaban J connectivity index is 1.72. The number of benzene rings is 1. The minimum atomic E-state index is -1.06. The molecule has 10 heteroatoms. The summed E-state index contributed by atoms with van der Waals surface area (Å²) in [4.78, 5) is 37.4. The Bertz CT molecular complexity index is 651. The Morgan fingerprint density at radius 3 is 2.92 bits per heavy atom. The SMILES string of the molecule is O=C(O)CCC(=O)ON1CCOC(COCc2cccc([N+](=O)[O-])c2)C1. The summed E-state index contributed by atoms with van der Waals surface area (Å²) in [6, 6.07) is 6.17. The van der Waals surface area contributed by atoms with E-state index in [1.807, 2.05) is 0 Å². The predicted molar refractivity (Wildman–Crippen MR) is 87.0 cm³/mol. The van der Waals surface area contributed by atoms with Crippen molar-refractivity contribution < 1.29 is 33.9 Å². The quantitative estimate of drug-likeness (QED) is 0.504. The van der Waals surface area contributed by atoms with Gasteiger partial charge >= 0.3 is 11.9 Å². The van der Waals surface area contributed by atoms with Crippen molar-refractivity contribution in [3.63, 3.8) is 0 Å². The van der Waals surface area contributed by atoms with Gasteiger partial charge in [-0.25, -0.2) is 0 Å². The second-order valence-electron chi connectivity index (χ2n) is 5.68. The summed E-state index contributed by atoms with van der Waals surface area (Å²) >= 11 is 0. The van der Waals surface area contributed by atoms with E-state index in [1.165, 1.54) is 17.2 Å². The third-order valence-electron chi connectivity index (χ3n) is 3.57. The molecule has 2 rings (SSSR count). The summed E-state index contributed by atoms with van der Waals surface area (Å²) in [5.41, 5.74) is 0.673. The van der Waals surface area contributed by atoms with Crippen LogP contribution in [0.2, 0.25) is 0 Å². The first kappa shape index (κ1) is 19.8. The van der Waals surface area contributed by atoms with Crippen LogP contribution in [0.4, 0.5) is 5.69 Å². The zero-order chi connectivity index (χ0) is 18.9. The normalized spacial score (nSPS) is 17.6. The van der Waals surface area contributed by atoms with Gasteiger partial charge in [0, 0.05) is 12.1 Å². The van der Waals surface area contributed by atoms with Gasteiger partial charge in [0.1, 0.15) is 0 Å². The average Bonchev–Trinajstić information content (AvgIpc) is 2.60. The van der Waals surface area contributed by atoms with Gasteiger partial charge in [-0.15, -0.1) is 5.06 Å². The van der Waals surface area contributed by atoms with Crippen molar-refractivity contribution in [2.45, 2.75) is 25.6 Å². The molecular weight excluding hydrogens is 348 g/mol. The lowest BCUT2D eigenvalue weighted by Gasteiger charge is -2.31. The number of nitro groups is 1. The fraction of sp³-hybridized carbons (Fsp3) is 0.500. The van der Waals surface area contributed by atoms with E-state index < -0.39 is 16.9 Å². The maximum absolute atomic E-state index is 11.6. The molecule has 142 valence electrons. The molecule has 0 radical (unpaired) electrons. The molecule has 26 heavy (non-hydrogen) atoms. The Hall–Kier alpha value is -2.56. The van der Waals surface area contributed by atoms with E-state index in [4.69, 9.17) is 19.4 Å². The van der Waals surface area contributed by atoms with Crippen LogP contribution in [-0.2, 0) is 30.5 Å². The van der Waals surface area contributed by atoms with Gasteiger partial charge in [0.2, 0.25) is 0 Å². The number of nitrogens with zero attached hydrogens (tertiary/aromatic N) is 2. The molecule has 0 saturated carbocycles. The van der Waals surface area contributed by atoms with Crippen LogP contribution < -0.4 is 0 Å². The van der Waals surface area contributed by atoms with Crippen LogP contribution in [0, 0.1) is 10.1 Å². The first-order valence-corrected chi connectivity index (χ1v) is 8.04. The van der Waals surface area contributed by atoms with E-state index in [9.17, 15) is 19.7 Å². The first-order valence-electron chi connectivity index (χ1n) is 8.04. The smallest absolute Gasteiger partial charge is 0.325 e. The third kappa shape index (κ3) is 6.75. The Morgan fingerprint density at radius 2 is 2.19 bits per heavy atom. The highest BCUT2D eigenvalue weighted by Gasteiger charge is 2.24. The molecule has 1 saturated heterocycles. The van der Waals surface area contributed by atoms with E-state index in [1.54, 1.807) is 12.1 Å². The number of morpholine rings is 1. The second-order valence-corrected chi connectivity index (χ2v) is 5.68. The van der Waals surface area contributed by atoms with Gasteiger partial charge in [0.25, 0.3) is 5.69 Å². The summed E-state index contributed by atoms with van der Waals surface area (Å²) in [5, 5.41) is 20.7. The molecule has 0 spiro atoms. The maximum atomic E-state index is 11.6. The maximum Gasteiger partial charge on any atom is 0.325 e. The molecule has 0 bridgehead atoms. The number of aliphatic carboxylic acids is 1. The zero-order valence-electron chi connectivity index (χ0n) is 14.0. The highest BCUT2D eigenvalue weighted by Crippen LogP contribution is 2.14. The van der Waals surface area contributed by atoms with Crippen LogP contribution in [0.5, 0.6) is 0 Å². The lowest BCUT2D eigenvalue weighted by Crippen LogP contribution is -2.45. The molecule has 1 atom stereocenters. The molecule has 10 nitrogen and oxygen atoms in total. The summed E-state index contributed by atoms with van der Waals surface area (Å²) in [6.45, 7) is 1.46. The lowest BCUT2D eigenvalue weighted by atomic mass is 10.2. The number of carbonyl (C=O) groups excluding carboxylic acids is 1. The van der Waals surface area contributed by atoms with Crippen LogP contribution in [0.3, 0.4) is 0 Å². The summed E-state index contributed by atoms with van der Waals surface area (Å²) < 4.78 is 11.1. The molecule has 0 amide bonds. The van der Waals surface area contributed by atoms with Crippen molar-refractivity contribution in [3.8, 4) is 0 Å². The standard InChI is InChI=1S/C16H20N2O8/c19-15(20)4-5-16(21)26-17-6-7-25-14(9-17)11-24-10-12-2-1-3-13(8-12)18(22)23/h1-3,8,14H,4-7,9-11H2,(H,19,20). The van der Waals surface area contributed by atoms with Crippen LogP contribution in [-0.4, -0.2) is 59.4 Å². The van der Waals surface area contributed by atoms with Crippen molar-refractivity contribution >= 4 is 17.6 Å². The van der Waals surface area contributed by atoms with Gasteiger partial charge in [-0.3, -0.25) is 19.7 Å². The number of hydrogen-bond acceptors (Lipinski definition) is 8. The number of rotatable bonds is 9. The molecule has 1 N–H and O–H groups in total. The summed E-state index contributed by atoms with van der Waals surface area (Å²) in [5.74, 6) is -1.66. The van der Waals surface area contributed by atoms with Gasteiger partial charge in [-0.05, 0) is 5.56 Å². The largest absolute Gasteiger partial charge is 0.481 e. The van der Waals surface area contributed by atoms with Crippen molar-refractivity contribution in [2.24, 2.45) is 0 Å². The molecule has 0 aliphatic carbocycles. The average molecular weight is 368 g/mol. The van der Waals surface area contributed by atoms with Crippen LogP contribution in [0.25, 0.3) is 0 Å². The fourth-order valence-corrected chi connectivity index (χ4v) is 2.34. The van der Waals surface area contributed by atoms with Crippen LogP contribution in [0.15, 0.2) is 24.3 Å². The van der Waals surface area contributed by atoms with Crippen molar-refractivity contribution in [2.75, 3.05) is 26.3 Å². The molecule has 1 aromatic carbocycles. The summed E-state index contributed by atoms with van der Waals surface area (Å²) in [7, 11) is 0. The van der Waals surface area contributed by atoms with Crippen molar-refractivity contribution in [1.82, 2.24) is 5.06 Å². The van der Waals surface area contributed by atoms with E-state index in [0.29, 0.717) is 25.3 Å². The minimum absolute atomic E-state index is 0.000496. The molecular formula is C16H20N2O8. The predicted octanol–water partition coefficient (Wildman–Crippen LogP) is 1.14. The van der Waals surface area contributed by atoms with E-state index in [-0.39, 0.29) is 37.8 Å². The Labute approximate surface area is 149 Å². The molecule has 1 fully saturated rings. The second kappa shape index (κ2) is 9.80. The number of non-ortho nitro benzene ring substituents is 1. The van der Waals surface area contributed by atoms with E-state index in [0.717, 1.165) is 0 Å². The lowest BCUT2D eigenvalue weighted by molar-refractivity contribution is -0.385. The summed E-state index contributed by atoms with van der Waals surface area (Å²) in [6.07, 6.45) is -0.797. The minimum Gasteiger partial charge on any atom is -0.481 e. The number of ether oxygens (including phenoxy) is 2. The molecule has 1 aromatic rings. The Morgan fingerprint density at radius 1 is 1.38 bits per heavy atom. The highest BCUT2D eigenvalue weighted by molar-refractivity contribution is 5.76. The Kier molecular flexibility index (Phi) is 7.45. The number of carbonyl (C=O) groups is 2. The molecule has 1 aliphatic rings. The fourth-order valence-electron chi connectivity index (χ4n) is 2.34. The number of nitro benzene ring substituents is 1. The van der Waals surface area contributed by atoms with Gasteiger partial charge in [-0.2, -0.15) is 0 Å². The number of hydrogen-bond donors (Lipinski definition) is 1. The molecule has 1 aliphatic heterocycles. The monoisotopic (exact) mass is 368 g/mol. The highest BCUT2D eigenvalue weighted by atomic mass is 16.7. The van der Waals surface area contributed by atoms with Crippen LogP contribution in [0.1, 0.15) is 18.4 Å². The van der Waals surface area contributed by atoms with Crippen molar-refractivity contribution in [3.05, 3.63) is 39.9 Å². The van der Waals surface area contributed by atoms with Gasteiger partial charge in [0.15, 0.2) is 0 Å². The third-order valence-corrected chi connectivity index (χ3v) is 3.57. The van der Waals surface area contributed by atoms with E-state index in [2.05, 4.69) is 0 Å². The molecule has 1 heterocycles. The van der Waals surface area contributed by atoms with Gasteiger partial charge in [0.05, 0.1) is 56.8 Å². The zero-order valence-corrected chi connectivity index (χ0v) is 14.0. The number of carboxylic acid groups (broad SMARTS) is 1. The van der Waals surface area contributed by atoms with Crippen molar-refractivity contribution in [1.29, 1.82) is 0 Å². The molecule has 0 aromatic heterocycles. The topological polar surface area (TPSA) is 128 Å². The first-order chi connectivity index (χ1) is 12.4. The number of carboxylic acids is 1. The van der Waals surface area contributed by atoms with Gasteiger partial charge in [-0.1, -0.05) is 12.1 Å². The van der Waals surface area contributed by atoms with Crippen LogP contribution >= 0.6 is 0 Å². The molecule has 1 unspecified atom stereocenters. The number of hydroxylamine groups is 2. The van der Waals surface area contributed by atoms with E-state index >= 15 is 0 Å². The van der Waals surface area contributed by atoms with Gasteiger partial charge < -0.3 is 19.4 Å².